The summed E-state index contributed by atoms with van der Waals surface area (Å²) in [6.45, 7) is 2.08. The summed E-state index contributed by atoms with van der Waals surface area (Å²) in [6.07, 6.45) is 3.08. The number of halogens is 1. The molecule has 5 nitrogen and oxygen atoms in total. The van der Waals surface area contributed by atoms with Crippen LogP contribution in [-0.2, 0) is 5.41 Å². The van der Waals surface area contributed by atoms with E-state index in [4.69, 9.17) is 11.6 Å². The summed E-state index contributed by atoms with van der Waals surface area (Å²) in [6, 6.07) is 0.240. The number of amides is 2. The topological polar surface area (TPSA) is 58.1 Å². The quantitative estimate of drug-likeness (QED) is 0.866. The highest BCUT2D eigenvalue weighted by atomic mass is 35.5. The molecule has 7 heteroatoms. The molecule has 0 bridgehead atoms. The van der Waals surface area contributed by atoms with Crippen molar-refractivity contribution in [3.63, 3.8) is 0 Å². The molecule has 1 heterocycles. The third-order valence-electron chi connectivity index (χ3n) is 3.53. The third-order valence-corrected chi connectivity index (χ3v) is 5.45. The first kappa shape index (κ1) is 12.2. The summed E-state index contributed by atoms with van der Waals surface area (Å²) in [5.41, 5.74) is -0.0503. The van der Waals surface area contributed by atoms with Gasteiger partial charge in [-0.25, -0.2) is 4.79 Å². The van der Waals surface area contributed by atoms with Crippen LogP contribution in [0.2, 0.25) is 0 Å². The van der Waals surface area contributed by atoms with E-state index in [0.717, 1.165) is 24.3 Å². The van der Waals surface area contributed by atoms with Gasteiger partial charge in [0, 0.05) is 23.9 Å². The van der Waals surface area contributed by atoms with Crippen LogP contribution in [0.3, 0.4) is 0 Å². The zero-order chi connectivity index (χ0) is 12.9. The van der Waals surface area contributed by atoms with Crippen molar-refractivity contribution in [3.05, 3.63) is 5.01 Å². The van der Waals surface area contributed by atoms with E-state index in [1.807, 2.05) is 0 Å². The van der Waals surface area contributed by atoms with Crippen molar-refractivity contribution < 1.29 is 4.79 Å². The largest absolute Gasteiger partial charge is 0.335 e. The number of alkyl halides is 1. The lowest BCUT2D eigenvalue weighted by molar-refractivity contribution is 0.247. The second-order valence-electron chi connectivity index (χ2n) is 5.26. The van der Waals surface area contributed by atoms with Crippen molar-refractivity contribution in [2.75, 3.05) is 11.9 Å². The minimum Gasteiger partial charge on any atom is -0.335 e. The summed E-state index contributed by atoms with van der Waals surface area (Å²) in [5.74, 6) is 0. The molecule has 3 rings (SSSR count). The molecule has 2 saturated carbocycles. The Morgan fingerprint density at radius 3 is 2.78 bits per heavy atom. The van der Waals surface area contributed by atoms with E-state index < -0.39 is 0 Å². The molecule has 2 aliphatic rings. The lowest BCUT2D eigenvalue weighted by Gasteiger charge is -2.13. The number of anilines is 1. The van der Waals surface area contributed by atoms with Gasteiger partial charge in [-0.15, -0.1) is 21.8 Å². The Kier molecular flexibility index (Phi) is 2.75. The molecule has 1 N–H and O–H groups in total. The number of hydrogen-bond donors (Lipinski definition) is 1. The molecule has 0 radical (unpaired) electrons. The fraction of sp³-hybridized carbons (Fsp3) is 0.727. The molecule has 2 unspecified atom stereocenters. The van der Waals surface area contributed by atoms with Gasteiger partial charge in [-0.1, -0.05) is 18.3 Å². The van der Waals surface area contributed by atoms with E-state index in [1.165, 1.54) is 16.2 Å². The Morgan fingerprint density at radius 2 is 2.22 bits per heavy atom. The highest BCUT2D eigenvalue weighted by Crippen LogP contribution is 2.53. The molecule has 0 saturated heterocycles. The molecule has 1 aromatic heterocycles. The summed E-state index contributed by atoms with van der Waals surface area (Å²) in [5, 5.41) is 12.9. The van der Waals surface area contributed by atoms with Gasteiger partial charge < -0.3 is 5.32 Å². The molecule has 2 atom stereocenters. The predicted molar refractivity (Wildman–Crippen MR) is 71.5 cm³/mol. The van der Waals surface area contributed by atoms with Gasteiger partial charge in [0.2, 0.25) is 5.13 Å². The number of nitrogens with zero attached hydrogens (tertiary/aromatic N) is 3. The molecule has 2 amide bonds. The smallest absolute Gasteiger partial charge is 0.323 e. The average molecular weight is 287 g/mol. The standard InChI is InChI=1S/C11H15ClN4OS/c1-11(5-7(11)12)8-14-15-10(18-8)16(2)9(17)13-6-3-4-6/h6-7H,3-5H2,1-2H3,(H,13,17). The fourth-order valence-corrected chi connectivity index (χ4v) is 3.21. The van der Waals surface area contributed by atoms with Crippen molar-refractivity contribution in [3.8, 4) is 0 Å². The van der Waals surface area contributed by atoms with Gasteiger partial charge in [-0.05, 0) is 19.3 Å². The van der Waals surface area contributed by atoms with Gasteiger partial charge in [-0.3, -0.25) is 4.90 Å². The van der Waals surface area contributed by atoms with Gasteiger partial charge in [0.25, 0.3) is 0 Å². The van der Waals surface area contributed by atoms with Crippen LogP contribution in [0.4, 0.5) is 9.93 Å². The number of aromatic nitrogens is 2. The van der Waals surface area contributed by atoms with Gasteiger partial charge >= 0.3 is 6.03 Å². The Morgan fingerprint density at radius 1 is 1.56 bits per heavy atom. The summed E-state index contributed by atoms with van der Waals surface area (Å²) >= 11 is 7.55. The van der Waals surface area contributed by atoms with E-state index in [9.17, 15) is 4.79 Å². The van der Waals surface area contributed by atoms with Crippen molar-refractivity contribution in [2.45, 2.75) is 43.0 Å². The molecule has 0 spiro atoms. The molecule has 98 valence electrons. The van der Waals surface area contributed by atoms with E-state index in [-0.39, 0.29) is 16.8 Å². The fourth-order valence-electron chi connectivity index (χ4n) is 1.70. The van der Waals surface area contributed by atoms with Crippen molar-refractivity contribution in [1.29, 1.82) is 0 Å². The maximum Gasteiger partial charge on any atom is 0.323 e. The zero-order valence-electron chi connectivity index (χ0n) is 10.3. The number of carbonyl (C=O) groups excluding carboxylic acids is 1. The van der Waals surface area contributed by atoms with Crippen molar-refractivity contribution >= 4 is 34.1 Å². The van der Waals surface area contributed by atoms with Gasteiger partial charge in [0.1, 0.15) is 5.01 Å². The summed E-state index contributed by atoms with van der Waals surface area (Å²) in [7, 11) is 1.72. The third kappa shape index (κ3) is 2.07. The van der Waals surface area contributed by atoms with Crippen LogP contribution >= 0.6 is 22.9 Å². The van der Waals surface area contributed by atoms with Crippen LogP contribution in [0.5, 0.6) is 0 Å². The first-order chi connectivity index (χ1) is 8.50. The normalized spacial score (nSPS) is 30.1. The first-order valence-electron chi connectivity index (χ1n) is 6.03. The summed E-state index contributed by atoms with van der Waals surface area (Å²) < 4.78 is 0. The minimum atomic E-state index is -0.108. The average Bonchev–Trinajstić information content (AvgIpc) is 3.18. The Hall–Kier alpha value is -0.880. The molecule has 2 fully saturated rings. The second kappa shape index (κ2) is 4.06. The van der Waals surface area contributed by atoms with E-state index in [1.54, 1.807) is 7.05 Å². The van der Waals surface area contributed by atoms with Gasteiger partial charge in [0.05, 0.1) is 0 Å². The predicted octanol–water partition coefficient (Wildman–Crippen LogP) is 2.12. The monoisotopic (exact) mass is 286 g/mol. The minimum absolute atomic E-state index is 0.0503. The van der Waals surface area contributed by atoms with Crippen molar-refractivity contribution in [1.82, 2.24) is 15.5 Å². The number of nitrogens with one attached hydrogen (secondary N) is 1. The second-order valence-corrected chi connectivity index (χ2v) is 6.74. The van der Waals surface area contributed by atoms with Gasteiger partial charge in [0.15, 0.2) is 0 Å². The Balaban J connectivity index is 1.70. The highest BCUT2D eigenvalue weighted by Gasteiger charge is 2.53. The molecule has 0 aromatic carbocycles. The maximum atomic E-state index is 11.9. The van der Waals surface area contributed by atoms with Crippen LogP contribution in [0.1, 0.15) is 31.2 Å². The van der Waals surface area contributed by atoms with Crippen LogP contribution in [0.15, 0.2) is 0 Å². The highest BCUT2D eigenvalue weighted by molar-refractivity contribution is 7.15. The molecular weight excluding hydrogens is 272 g/mol. The SMILES string of the molecule is CN(C(=O)NC1CC1)c1nnc(C2(C)CC2Cl)s1. The molecule has 2 aliphatic carbocycles. The van der Waals surface area contributed by atoms with Crippen LogP contribution in [0, 0.1) is 0 Å². The number of urea groups is 1. The number of carbonyl (C=O) groups is 1. The van der Waals surface area contributed by atoms with Crippen LogP contribution < -0.4 is 10.2 Å². The van der Waals surface area contributed by atoms with E-state index >= 15 is 0 Å². The molecule has 0 aliphatic heterocycles. The number of hydrogen-bond acceptors (Lipinski definition) is 4. The first-order valence-corrected chi connectivity index (χ1v) is 7.28. The molecule has 18 heavy (non-hydrogen) atoms. The van der Waals surface area contributed by atoms with Crippen LogP contribution in [0.25, 0.3) is 0 Å². The molecule has 1 aromatic rings. The maximum absolute atomic E-state index is 11.9. The van der Waals surface area contributed by atoms with Crippen LogP contribution in [-0.4, -0.2) is 34.7 Å². The lowest BCUT2D eigenvalue weighted by Crippen LogP contribution is -2.38. The summed E-state index contributed by atoms with van der Waals surface area (Å²) in [4.78, 5) is 13.4. The van der Waals surface area contributed by atoms with Gasteiger partial charge in [-0.2, -0.15) is 0 Å². The zero-order valence-corrected chi connectivity index (χ0v) is 11.9. The van der Waals surface area contributed by atoms with E-state index in [0.29, 0.717) is 11.2 Å². The molecular formula is C11H15ClN4OS. The van der Waals surface area contributed by atoms with Crippen molar-refractivity contribution in [2.24, 2.45) is 0 Å². The number of rotatable bonds is 3. The Bertz CT molecular complexity index is 489. The lowest BCUT2D eigenvalue weighted by atomic mass is 10.2. The Labute approximate surface area is 115 Å². The van der Waals surface area contributed by atoms with E-state index in [2.05, 4.69) is 22.4 Å².